The molecule has 0 aliphatic carbocycles. The SMILES string of the molecule is Cn1nc(-c2c(F)c(F)c(Cl)c(F)c2F)cc1N. The zero-order chi connectivity index (χ0) is 13.6. The van der Waals surface area contributed by atoms with Crippen LogP contribution >= 0.6 is 11.6 Å². The van der Waals surface area contributed by atoms with Crippen molar-refractivity contribution in [2.75, 3.05) is 5.73 Å². The molecule has 8 heteroatoms. The normalized spacial score (nSPS) is 11.0. The first-order chi connectivity index (χ1) is 8.34. The average Bonchev–Trinajstić information content (AvgIpc) is 2.64. The predicted octanol–water partition coefficient (Wildman–Crippen LogP) is 2.88. The monoisotopic (exact) mass is 279 g/mol. The van der Waals surface area contributed by atoms with E-state index in [1.165, 1.54) is 7.05 Å². The van der Waals surface area contributed by atoms with Crippen molar-refractivity contribution in [3.8, 4) is 11.3 Å². The van der Waals surface area contributed by atoms with Crippen LogP contribution < -0.4 is 5.73 Å². The van der Waals surface area contributed by atoms with E-state index in [2.05, 4.69) is 5.10 Å². The summed E-state index contributed by atoms with van der Waals surface area (Å²) in [5, 5.41) is 2.41. The van der Waals surface area contributed by atoms with Crippen LogP contribution in [0.25, 0.3) is 11.3 Å². The zero-order valence-electron chi connectivity index (χ0n) is 8.94. The maximum atomic E-state index is 13.6. The van der Waals surface area contributed by atoms with E-state index in [-0.39, 0.29) is 11.5 Å². The van der Waals surface area contributed by atoms with E-state index in [1.807, 2.05) is 0 Å². The number of halogens is 5. The fourth-order valence-corrected chi connectivity index (χ4v) is 1.60. The molecule has 1 aromatic heterocycles. The van der Waals surface area contributed by atoms with E-state index in [0.717, 1.165) is 10.7 Å². The summed E-state index contributed by atoms with van der Waals surface area (Å²) in [6.07, 6.45) is 0. The third-order valence-electron chi connectivity index (χ3n) is 2.38. The number of nitrogen functional groups attached to an aromatic ring is 1. The molecule has 1 heterocycles. The zero-order valence-corrected chi connectivity index (χ0v) is 9.69. The van der Waals surface area contributed by atoms with Crippen LogP contribution in [0.4, 0.5) is 23.4 Å². The lowest BCUT2D eigenvalue weighted by Gasteiger charge is -2.06. The van der Waals surface area contributed by atoms with Crippen molar-refractivity contribution < 1.29 is 17.6 Å². The molecule has 1 aromatic carbocycles. The molecule has 0 bridgehead atoms. The van der Waals surface area contributed by atoms with Gasteiger partial charge in [-0.1, -0.05) is 11.6 Å². The van der Waals surface area contributed by atoms with Gasteiger partial charge in [-0.05, 0) is 0 Å². The molecule has 0 radical (unpaired) electrons. The van der Waals surface area contributed by atoms with Gasteiger partial charge in [-0.25, -0.2) is 17.6 Å². The lowest BCUT2D eigenvalue weighted by molar-refractivity contribution is 0.458. The Balaban J connectivity index is 2.79. The van der Waals surface area contributed by atoms with Crippen molar-refractivity contribution in [1.82, 2.24) is 9.78 Å². The summed E-state index contributed by atoms with van der Waals surface area (Å²) in [5.41, 5.74) is 4.16. The first kappa shape index (κ1) is 12.7. The molecule has 18 heavy (non-hydrogen) atoms. The van der Waals surface area contributed by atoms with Crippen LogP contribution in [0.2, 0.25) is 5.02 Å². The van der Waals surface area contributed by atoms with Crippen molar-refractivity contribution in [2.24, 2.45) is 7.05 Å². The van der Waals surface area contributed by atoms with E-state index >= 15 is 0 Å². The van der Waals surface area contributed by atoms with E-state index < -0.39 is 33.9 Å². The highest BCUT2D eigenvalue weighted by molar-refractivity contribution is 6.31. The van der Waals surface area contributed by atoms with E-state index in [4.69, 9.17) is 17.3 Å². The standard InChI is InChI=1S/C10H6ClF4N3/c1-18-4(16)2-3(17-18)5-7(12)9(14)6(11)10(15)8(5)13/h2H,16H2,1H3. The summed E-state index contributed by atoms with van der Waals surface area (Å²) < 4.78 is 54.7. The third-order valence-corrected chi connectivity index (χ3v) is 2.71. The van der Waals surface area contributed by atoms with Gasteiger partial charge in [-0.3, -0.25) is 4.68 Å². The fourth-order valence-electron chi connectivity index (χ4n) is 1.43. The molecule has 2 rings (SSSR count). The Bertz CT molecular complexity index is 590. The molecule has 0 fully saturated rings. The topological polar surface area (TPSA) is 43.8 Å². The van der Waals surface area contributed by atoms with Gasteiger partial charge in [-0.15, -0.1) is 0 Å². The van der Waals surface area contributed by atoms with Crippen molar-refractivity contribution in [3.05, 3.63) is 34.4 Å². The summed E-state index contributed by atoms with van der Waals surface area (Å²) in [7, 11) is 1.41. The number of aromatic nitrogens is 2. The Morgan fingerprint density at radius 2 is 1.61 bits per heavy atom. The molecule has 0 unspecified atom stereocenters. The quantitative estimate of drug-likeness (QED) is 0.495. The van der Waals surface area contributed by atoms with Crippen molar-refractivity contribution >= 4 is 17.4 Å². The number of nitrogens with zero attached hydrogens (tertiary/aromatic N) is 2. The van der Waals surface area contributed by atoms with E-state index in [0.29, 0.717) is 0 Å². The molecule has 0 spiro atoms. The Labute approximate surface area is 104 Å². The number of rotatable bonds is 1. The smallest absolute Gasteiger partial charge is 0.181 e. The van der Waals surface area contributed by atoms with Crippen LogP contribution in [0.3, 0.4) is 0 Å². The van der Waals surface area contributed by atoms with E-state index in [1.54, 1.807) is 0 Å². The van der Waals surface area contributed by atoms with Gasteiger partial charge in [0.15, 0.2) is 23.3 Å². The molecular formula is C10H6ClF4N3. The minimum atomic E-state index is -1.67. The highest BCUT2D eigenvalue weighted by atomic mass is 35.5. The Hall–Kier alpha value is -1.76. The van der Waals surface area contributed by atoms with Gasteiger partial charge >= 0.3 is 0 Å². The number of anilines is 1. The summed E-state index contributed by atoms with van der Waals surface area (Å²) in [6, 6.07) is 1.09. The summed E-state index contributed by atoms with van der Waals surface area (Å²) in [5.74, 6) is -6.49. The Morgan fingerprint density at radius 1 is 1.11 bits per heavy atom. The molecule has 0 amide bonds. The molecule has 0 saturated carbocycles. The van der Waals surface area contributed by atoms with Crippen molar-refractivity contribution in [3.63, 3.8) is 0 Å². The minimum absolute atomic E-state index is 0.0829. The van der Waals surface area contributed by atoms with Gasteiger partial charge in [0.1, 0.15) is 16.5 Å². The predicted molar refractivity (Wildman–Crippen MR) is 57.9 cm³/mol. The Kier molecular flexibility index (Phi) is 2.94. The molecule has 96 valence electrons. The molecule has 0 atom stereocenters. The molecule has 0 saturated heterocycles. The fraction of sp³-hybridized carbons (Fsp3) is 0.100. The molecule has 2 aromatic rings. The summed E-state index contributed by atoms with van der Waals surface area (Å²) >= 11 is 5.10. The van der Waals surface area contributed by atoms with Crippen molar-refractivity contribution in [1.29, 1.82) is 0 Å². The van der Waals surface area contributed by atoms with Crippen LogP contribution in [-0.4, -0.2) is 9.78 Å². The second-order valence-corrected chi connectivity index (χ2v) is 3.90. The minimum Gasteiger partial charge on any atom is -0.384 e. The molecule has 3 nitrogen and oxygen atoms in total. The van der Waals surface area contributed by atoms with Gasteiger partial charge in [0.05, 0.1) is 5.56 Å². The molecule has 2 N–H and O–H groups in total. The van der Waals surface area contributed by atoms with Gasteiger partial charge < -0.3 is 5.73 Å². The second-order valence-electron chi connectivity index (χ2n) is 3.52. The van der Waals surface area contributed by atoms with Crippen LogP contribution in [0, 0.1) is 23.3 Å². The van der Waals surface area contributed by atoms with Gasteiger partial charge in [0.25, 0.3) is 0 Å². The molecular weight excluding hydrogens is 274 g/mol. The largest absolute Gasteiger partial charge is 0.384 e. The maximum Gasteiger partial charge on any atom is 0.181 e. The number of nitrogens with two attached hydrogens (primary N) is 1. The average molecular weight is 280 g/mol. The second kappa shape index (κ2) is 4.16. The lowest BCUT2D eigenvalue weighted by atomic mass is 10.1. The highest BCUT2D eigenvalue weighted by Gasteiger charge is 2.26. The van der Waals surface area contributed by atoms with Crippen LogP contribution in [-0.2, 0) is 7.05 Å². The molecule has 0 aliphatic heterocycles. The van der Waals surface area contributed by atoms with Gasteiger partial charge in [0.2, 0.25) is 0 Å². The number of aryl methyl sites for hydroxylation is 1. The Morgan fingerprint density at radius 3 is 2.00 bits per heavy atom. The summed E-state index contributed by atoms with van der Waals surface area (Å²) in [4.78, 5) is 0. The van der Waals surface area contributed by atoms with Crippen LogP contribution in [0.5, 0.6) is 0 Å². The number of hydrogen-bond acceptors (Lipinski definition) is 2. The van der Waals surface area contributed by atoms with Gasteiger partial charge in [0, 0.05) is 13.1 Å². The van der Waals surface area contributed by atoms with E-state index in [9.17, 15) is 17.6 Å². The van der Waals surface area contributed by atoms with Gasteiger partial charge in [-0.2, -0.15) is 5.10 Å². The summed E-state index contributed by atoms with van der Waals surface area (Å²) in [6.45, 7) is 0. The highest BCUT2D eigenvalue weighted by Crippen LogP contribution is 2.34. The third kappa shape index (κ3) is 1.71. The first-order valence-corrected chi connectivity index (χ1v) is 5.03. The number of hydrogen-bond donors (Lipinski definition) is 1. The first-order valence-electron chi connectivity index (χ1n) is 4.66. The molecule has 0 aliphatic rings. The van der Waals surface area contributed by atoms with Crippen LogP contribution in [0.1, 0.15) is 0 Å². The van der Waals surface area contributed by atoms with Crippen LogP contribution in [0.15, 0.2) is 6.07 Å². The maximum absolute atomic E-state index is 13.6. The van der Waals surface area contributed by atoms with Crippen molar-refractivity contribution in [2.45, 2.75) is 0 Å². The lowest BCUT2D eigenvalue weighted by Crippen LogP contribution is -2.01. The number of benzene rings is 1.